The number of hydrogen-bond acceptors (Lipinski definition) is 2. The Labute approximate surface area is 110 Å². The van der Waals surface area contributed by atoms with Crippen molar-refractivity contribution in [3.05, 3.63) is 0 Å². The van der Waals surface area contributed by atoms with E-state index >= 15 is 0 Å². The number of hydrogen-bond donors (Lipinski definition) is 0. The molecule has 1 saturated carbocycles. The van der Waals surface area contributed by atoms with Crippen molar-refractivity contribution in [3.63, 3.8) is 0 Å². The predicted molar refractivity (Wildman–Crippen MR) is 63.5 cm³/mol. The SMILES string of the molecule is CN1CC[C@@H]2CC[C@H](C1)N2C(=O)C1(C(F)(F)F)CC1. The quantitative estimate of drug-likeness (QED) is 0.731. The minimum Gasteiger partial charge on any atom is -0.335 e. The Morgan fingerprint density at radius 2 is 1.79 bits per heavy atom. The van der Waals surface area contributed by atoms with Gasteiger partial charge in [0.15, 0.2) is 0 Å². The maximum absolute atomic E-state index is 13.1. The molecule has 0 radical (unpaired) electrons. The van der Waals surface area contributed by atoms with Crippen LogP contribution in [-0.2, 0) is 4.79 Å². The summed E-state index contributed by atoms with van der Waals surface area (Å²) in [7, 11) is 1.97. The van der Waals surface area contributed by atoms with Gasteiger partial charge < -0.3 is 9.80 Å². The zero-order valence-electron chi connectivity index (χ0n) is 11.0. The Morgan fingerprint density at radius 1 is 1.16 bits per heavy atom. The van der Waals surface area contributed by atoms with Crippen LogP contribution in [0.1, 0.15) is 32.1 Å². The first kappa shape index (κ1) is 13.2. The van der Waals surface area contributed by atoms with E-state index in [-0.39, 0.29) is 24.9 Å². The van der Waals surface area contributed by atoms with Crippen LogP contribution in [0.5, 0.6) is 0 Å². The lowest BCUT2D eigenvalue weighted by Crippen LogP contribution is -2.50. The standard InChI is InChI=1S/C13H19F3N2O/c1-17-7-4-9-2-3-10(8-17)18(9)11(19)12(5-6-12)13(14,15)16/h9-10H,2-8H2,1H3/t9-,10+/m0/s1. The number of rotatable bonds is 1. The van der Waals surface area contributed by atoms with E-state index in [2.05, 4.69) is 4.90 Å². The van der Waals surface area contributed by atoms with Crippen LogP contribution in [0.4, 0.5) is 13.2 Å². The maximum Gasteiger partial charge on any atom is 0.403 e. The molecule has 2 heterocycles. The number of halogens is 3. The molecule has 3 nitrogen and oxygen atoms in total. The number of fused-ring (bicyclic) bond motifs is 2. The van der Waals surface area contributed by atoms with Crippen LogP contribution in [-0.4, -0.2) is 54.1 Å². The van der Waals surface area contributed by atoms with Crippen LogP contribution in [0.15, 0.2) is 0 Å². The molecule has 0 aromatic carbocycles. The number of amides is 1. The molecule has 3 fully saturated rings. The fourth-order valence-electron chi connectivity index (χ4n) is 3.57. The smallest absolute Gasteiger partial charge is 0.335 e. The van der Waals surface area contributed by atoms with Gasteiger partial charge in [-0.25, -0.2) is 0 Å². The Kier molecular flexibility index (Phi) is 2.86. The summed E-state index contributed by atoms with van der Waals surface area (Å²) < 4.78 is 39.3. The molecular formula is C13H19F3N2O. The Hall–Kier alpha value is -0.780. The van der Waals surface area contributed by atoms with Crippen molar-refractivity contribution in [3.8, 4) is 0 Å². The summed E-state index contributed by atoms with van der Waals surface area (Å²) in [6.45, 7) is 1.57. The molecule has 6 heteroatoms. The second-order valence-electron chi connectivity index (χ2n) is 6.23. The van der Waals surface area contributed by atoms with Crippen molar-refractivity contribution in [1.82, 2.24) is 9.80 Å². The molecule has 1 amide bonds. The highest BCUT2D eigenvalue weighted by atomic mass is 19.4. The summed E-state index contributed by atoms with van der Waals surface area (Å²) in [5, 5.41) is 0. The van der Waals surface area contributed by atoms with Crippen LogP contribution in [0.3, 0.4) is 0 Å². The first-order valence-corrected chi connectivity index (χ1v) is 6.93. The molecule has 0 spiro atoms. The van der Waals surface area contributed by atoms with E-state index in [0.717, 1.165) is 25.8 Å². The van der Waals surface area contributed by atoms with Crippen molar-refractivity contribution in [2.45, 2.75) is 50.4 Å². The highest BCUT2D eigenvalue weighted by Crippen LogP contribution is 2.59. The van der Waals surface area contributed by atoms with Gasteiger partial charge in [0.25, 0.3) is 0 Å². The van der Waals surface area contributed by atoms with E-state index in [1.807, 2.05) is 7.05 Å². The third-order valence-corrected chi connectivity index (χ3v) is 4.92. The minimum absolute atomic E-state index is 0.0160. The van der Waals surface area contributed by atoms with Gasteiger partial charge in [-0.05, 0) is 45.7 Å². The number of nitrogens with zero attached hydrogens (tertiary/aromatic N) is 2. The molecular weight excluding hydrogens is 257 g/mol. The molecule has 2 atom stereocenters. The second kappa shape index (κ2) is 4.11. The fourth-order valence-corrected chi connectivity index (χ4v) is 3.57. The first-order valence-electron chi connectivity index (χ1n) is 6.93. The molecule has 19 heavy (non-hydrogen) atoms. The average Bonchev–Trinajstić information content (AvgIpc) is 3.03. The van der Waals surface area contributed by atoms with E-state index in [4.69, 9.17) is 0 Å². The summed E-state index contributed by atoms with van der Waals surface area (Å²) in [4.78, 5) is 16.1. The second-order valence-corrected chi connectivity index (χ2v) is 6.23. The Balaban J connectivity index is 1.84. The Bertz CT molecular complexity index is 392. The van der Waals surface area contributed by atoms with E-state index in [0.29, 0.717) is 6.54 Å². The van der Waals surface area contributed by atoms with E-state index in [1.54, 1.807) is 4.90 Å². The van der Waals surface area contributed by atoms with Gasteiger partial charge in [0.2, 0.25) is 5.91 Å². The van der Waals surface area contributed by atoms with Gasteiger partial charge in [-0.1, -0.05) is 0 Å². The zero-order valence-corrected chi connectivity index (χ0v) is 11.0. The van der Waals surface area contributed by atoms with E-state index < -0.39 is 17.5 Å². The largest absolute Gasteiger partial charge is 0.403 e. The summed E-state index contributed by atoms with van der Waals surface area (Å²) >= 11 is 0. The molecule has 0 N–H and O–H groups in total. The third-order valence-electron chi connectivity index (χ3n) is 4.92. The molecule has 0 aromatic heterocycles. The van der Waals surface area contributed by atoms with Gasteiger partial charge in [0, 0.05) is 18.6 Å². The van der Waals surface area contributed by atoms with Crippen molar-refractivity contribution in [2.24, 2.45) is 5.41 Å². The fraction of sp³-hybridized carbons (Fsp3) is 0.923. The Morgan fingerprint density at radius 3 is 2.37 bits per heavy atom. The molecule has 3 aliphatic rings. The topological polar surface area (TPSA) is 23.6 Å². The van der Waals surface area contributed by atoms with Crippen LogP contribution >= 0.6 is 0 Å². The number of alkyl halides is 3. The van der Waals surface area contributed by atoms with Crippen LogP contribution in [0.2, 0.25) is 0 Å². The van der Waals surface area contributed by atoms with Gasteiger partial charge in [-0.2, -0.15) is 13.2 Å². The zero-order chi connectivity index (χ0) is 13.8. The highest BCUT2D eigenvalue weighted by molar-refractivity contribution is 5.87. The molecule has 0 aromatic rings. The molecule has 108 valence electrons. The average molecular weight is 276 g/mol. The van der Waals surface area contributed by atoms with Crippen molar-refractivity contribution < 1.29 is 18.0 Å². The van der Waals surface area contributed by atoms with Crippen LogP contribution in [0.25, 0.3) is 0 Å². The molecule has 1 aliphatic carbocycles. The van der Waals surface area contributed by atoms with E-state index in [9.17, 15) is 18.0 Å². The van der Waals surface area contributed by atoms with Gasteiger partial charge in [-0.15, -0.1) is 0 Å². The monoisotopic (exact) mass is 276 g/mol. The van der Waals surface area contributed by atoms with Gasteiger partial charge >= 0.3 is 6.18 Å². The normalized spacial score (nSPS) is 34.2. The summed E-state index contributed by atoms with van der Waals surface area (Å²) in [6, 6.07) is -0.00731. The van der Waals surface area contributed by atoms with Gasteiger partial charge in [-0.3, -0.25) is 4.79 Å². The van der Waals surface area contributed by atoms with Crippen molar-refractivity contribution in [2.75, 3.05) is 20.1 Å². The molecule has 2 bridgehead atoms. The summed E-state index contributed by atoms with van der Waals surface area (Å²) in [6.07, 6.45) is -1.94. The highest BCUT2D eigenvalue weighted by Gasteiger charge is 2.70. The third kappa shape index (κ3) is 1.95. The number of likely N-dealkylation sites (N-methyl/N-ethyl adjacent to an activating group) is 1. The minimum atomic E-state index is -4.39. The predicted octanol–water partition coefficient (Wildman–Crippen LogP) is 2.02. The van der Waals surface area contributed by atoms with Gasteiger partial charge in [0.05, 0.1) is 0 Å². The lowest BCUT2D eigenvalue weighted by molar-refractivity contribution is -0.200. The van der Waals surface area contributed by atoms with Crippen LogP contribution < -0.4 is 0 Å². The number of carbonyl (C=O) groups is 1. The summed E-state index contributed by atoms with van der Waals surface area (Å²) in [5.74, 6) is -0.650. The lowest BCUT2D eigenvalue weighted by Gasteiger charge is -2.33. The van der Waals surface area contributed by atoms with E-state index in [1.165, 1.54) is 0 Å². The van der Waals surface area contributed by atoms with Gasteiger partial charge in [0.1, 0.15) is 5.41 Å². The van der Waals surface area contributed by atoms with Crippen LogP contribution in [0, 0.1) is 5.41 Å². The molecule has 3 rings (SSSR count). The van der Waals surface area contributed by atoms with Crippen molar-refractivity contribution in [1.29, 1.82) is 0 Å². The lowest BCUT2D eigenvalue weighted by atomic mass is 10.0. The van der Waals surface area contributed by atoms with Crippen molar-refractivity contribution >= 4 is 5.91 Å². The number of likely N-dealkylation sites (tertiary alicyclic amines) is 1. The summed E-state index contributed by atoms with van der Waals surface area (Å²) in [5.41, 5.74) is -2.04. The molecule has 2 aliphatic heterocycles. The maximum atomic E-state index is 13.1. The number of carbonyl (C=O) groups excluding carboxylic acids is 1. The first-order chi connectivity index (χ1) is 8.85. The molecule has 2 saturated heterocycles. The molecule has 0 unspecified atom stereocenters.